The Bertz CT molecular complexity index is 1010. The van der Waals surface area contributed by atoms with Crippen molar-refractivity contribution < 1.29 is 14.3 Å². The van der Waals surface area contributed by atoms with E-state index < -0.39 is 0 Å². The molecule has 1 aliphatic heterocycles. The number of imidazole rings is 1. The molecule has 1 atom stereocenters. The SMILES string of the molecule is Cn1c(CC(=O)NC2CCC(O)CC2)c2n(c1=S)CCC2Cc1cc(Cl)ccc1F. The summed E-state index contributed by atoms with van der Waals surface area (Å²) in [6, 6.07) is 4.75. The number of aliphatic hydroxyl groups is 1. The summed E-state index contributed by atoms with van der Waals surface area (Å²) in [5.41, 5.74) is 2.53. The molecule has 1 unspecified atom stereocenters. The van der Waals surface area contributed by atoms with Gasteiger partial charge in [-0.25, -0.2) is 4.39 Å². The molecule has 1 fully saturated rings. The Kier molecular flexibility index (Phi) is 6.32. The van der Waals surface area contributed by atoms with E-state index in [0.29, 0.717) is 21.8 Å². The molecule has 5 nitrogen and oxygen atoms in total. The van der Waals surface area contributed by atoms with Crippen LogP contribution in [0.4, 0.5) is 4.39 Å². The van der Waals surface area contributed by atoms with Gasteiger partial charge in [-0.05, 0) is 74.5 Å². The first-order chi connectivity index (χ1) is 14.3. The van der Waals surface area contributed by atoms with E-state index in [-0.39, 0.29) is 36.2 Å². The molecule has 8 heteroatoms. The number of halogens is 2. The van der Waals surface area contributed by atoms with Crippen molar-refractivity contribution in [2.75, 3.05) is 0 Å². The predicted molar refractivity (Wildman–Crippen MR) is 117 cm³/mol. The Hall–Kier alpha value is -1.70. The topological polar surface area (TPSA) is 59.2 Å². The molecule has 2 aromatic rings. The minimum Gasteiger partial charge on any atom is -0.393 e. The monoisotopic (exact) mass is 451 g/mol. The standard InChI is InChI=1S/C22H27ClFN3O2S/c1-26-19(12-20(29)25-16-3-5-17(28)6-4-16)21-13(8-9-27(21)22(26)30)10-14-11-15(23)2-7-18(14)24/h2,7,11,13,16-17,28H,3-6,8-10,12H2,1H3,(H,25,29). The van der Waals surface area contributed by atoms with E-state index in [9.17, 15) is 14.3 Å². The van der Waals surface area contributed by atoms with E-state index in [0.717, 1.165) is 50.0 Å². The van der Waals surface area contributed by atoms with Gasteiger partial charge in [-0.15, -0.1) is 0 Å². The number of aromatic nitrogens is 2. The molecular weight excluding hydrogens is 425 g/mol. The second-order valence-electron chi connectivity index (χ2n) is 8.50. The molecule has 4 rings (SSSR count). The molecule has 2 N–H and O–H groups in total. The number of nitrogens with zero attached hydrogens (tertiary/aromatic N) is 2. The van der Waals surface area contributed by atoms with Crippen LogP contribution < -0.4 is 5.32 Å². The van der Waals surface area contributed by atoms with Gasteiger partial charge in [-0.2, -0.15) is 0 Å². The molecule has 2 heterocycles. The summed E-state index contributed by atoms with van der Waals surface area (Å²) < 4.78 is 19.0. The van der Waals surface area contributed by atoms with Crippen molar-refractivity contribution in [3.05, 3.63) is 50.8 Å². The van der Waals surface area contributed by atoms with Crippen molar-refractivity contribution in [1.29, 1.82) is 0 Å². The van der Waals surface area contributed by atoms with Crippen LogP contribution >= 0.6 is 23.8 Å². The minimum absolute atomic E-state index is 0.0324. The predicted octanol–water partition coefficient (Wildman–Crippen LogP) is 4.04. The number of benzene rings is 1. The van der Waals surface area contributed by atoms with Crippen molar-refractivity contribution in [2.24, 2.45) is 7.05 Å². The third-order valence-electron chi connectivity index (χ3n) is 6.46. The molecule has 1 aromatic heterocycles. The van der Waals surface area contributed by atoms with Crippen LogP contribution in [0.25, 0.3) is 0 Å². The van der Waals surface area contributed by atoms with Crippen LogP contribution in [0, 0.1) is 10.6 Å². The number of aliphatic hydroxyl groups excluding tert-OH is 1. The lowest BCUT2D eigenvalue weighted by atomic mass is 9.92. The van der Waals surface area contributed by atoms with E-state index >= 15 is 0 Å². The lowest BCUT2D eigenvalue weighted by Gasteiger charge is -2.26. The highest BCUT2D eigenvalue weighted by Gasteiger charge is 2.31. The van der Waals surface area contributed by atoms with Crippen LogP contribution in [0.2, 0.25) is 5.02 Å². The molecule has 0 saturated heterocycles. The summed E-state index contributed by atoms with van der Waals surface area (Å²) >= 11 is 11.7. The summed E-state index contributed by atoms with van der Waals surface area (Å²) in [7, 11) is 1.89. The minimum atomic E-state index is -0.258. The van der Waals surface area contributed by atoms with Crippen molar-refractivity contribution in [3.8, 4) is 0 Å². The van der Waals surface area contributed by atoms with Gasteiger partial charge in [0.1, 0.15) is 5.82 Å². The summed E-state index contributed by atoms with van der Waals surface area (Å²) in [5, 5.41) is 13.3. The molecule has 30 heavy (non-hydrogen) atoms. The van der Waals surface area contributed by atoms with E-state index in [2.05, 4.69) is 9.88 Å². The third-order valence-corrected chi connectivity index (χ3v) is 7.19. The van der Waals surface area contributed by atoms with Gasteiger partial charge in [0.05, 0.1) is 12.5 Å². The van der Waals surface area contributed by atoms with Crippen LogP contribution in [-0.2, 0) is 31.2 Å². The maximum Gasteiger partial charge on any atom is 0.226 e. The number of amides is 1. The van der Waals surface area contributed by atoms with Crippen LogP contribution in [-0.4, -0.2) is 32.3 Å². The van der Waals surface area contributed by atoms with Crippen LogP contribution in [0.1, 0.15) is 55.0 Å². The van der Waals surface area contributed by atoms with Gasteiger partial charge >= 0.3 is 0 Å². The zero-order valence-corrected chi connectivity index (χ0v) is 18.6. The first-order valence-electron chi connectivity index (χ1n) is 10.5. The van der Waals surface area contributed by atoms with Gasteiger partial charge in [0, 0.05) is 42.0 Å². The maximum atomic E-state index is 14.3. The maximum absolute atomic E-state index is 14.3. The summed E-state index contributed by atoms with van der Waals surface area (Å²) in [6.45, 7) is 0.775. The van der Waals surface area contributed by atoms with E-state index in [1.54, 1.807) is 12.1 Å². The molecule has 1 saturated carbocycles. The Morgan fingerprint density at radius 1 is 1.30 bits per heavy atom. The van der Waals surface area contributed by atoms with Crippen LogP contribution in [0.5, 0.6) is 0 Å². The first kappa shape index (κ1) is 21.5. The average Bonchev–Trinajstić information content (AvgIpc) is 3.22. The van der Waals surface area contributed by atoms with E-state index in [1.165, 1.54) is 6.07 Å². The van der Waals surface area contributed by atoms with E-state index in [4.69, 9.17) is 23.8 Å². The number of carbonyl (C=O) groups excluding carboxylic acids is 1. The molecule has 0 spiro atoms. The lowest BCUT2D eigenvalue weighted by molar-refractivity contribution is -0.121. The molecule has 2 aliphatic rings. The van der Waals surface area contributed by atoms with Crippen LogP contribution in [0.3, 0.4) is 0 Å². The van der Waals surface area contributed by atoms with Gasteiger partial charge in [-0.1, -0.05) is 11.6 Å². The lowest BCUT2D eigenvalue weighted by Crippen LogP contribution is -2.39. The fourth-order valence-electron chi connectivity index (χ4n) is 4.84. The Balaban J connectivity index is 1.54. The van der Waals surface area contributed by atoms with Gasteiger partial charge < -0.3 is 19.6 Å². The van der Waals surface area contributed by atoms with Crippen molar-refractivity contribution in [1.82, 2.24) is 14.5 Å². The Morgan fingerprint density at radius 2 is 2.03 bits per heavy atom. The van der Waals surface area contributed by atoms with Gasteiger partial charge in [0.25, 0.3) is 0 Å². The second-order valence-corrected chi connectivity index (χ2v) is 9.30. The number of hydrogen-bond donors (Lipinski definition) is 2. The second kappa shape index (κ2) is 8.81. The highest BCUT2D eigenvalue weighted by Crippen LogP contribution is 2.36. The number of rotatable bonds is 5. The quantitative estimate of drug-likeness (QED) is 0.674. The Labute approximate surface area is 185 Å². The van der Waals surface area contributed by atoms with Gasteiger partial charge in [0.2, 0.25) is 5.91 Å². The first-order valence-corrected chi connectivity index (χ1v) is 11.3. The summed E-state index contributed by atoms with van der Waals surface area (Å²) in [6.07, 6.45) is 4.44. The third kappa shape index (κ3) is 4.34. The molecule has 0 bridgehead atoms. The normalized spacial score (nSPS) is 23.4. The Morgan fingerprint density at radius 3 is 2.77 bits per heavy atom. The number of nitrogens with one attached hydrogen (secondary N) is 1. The largest absolute Gasteiger partial charge is 0.393 e. The summed E-state index contributed by atoms with van der Waals surface area (Å²) in [5.74, 6) is -0.199. The van der Waals surface area contributed by atoms with Crippen molar-refractivity contribution >= 4 is 29.7 Å². The highest BCUT2D eigenvalue weighted by molar-refractivity contribution is 7.71. The number of hydrogen-bond acceptors (Lipinski definition) is 3. The number of carbonyl (C=O) groups is 1. The van der Waals surface area contributed by atoms with Crippen molar-refractivity contribution in [3.63, 3.8) is 0 Å². The van der Waals surface area contributed by atoms with Gasteiger partial charge in [0.15, 0.2) is 4.77 Å². The molecular formula is C22H27ClFN3O2S. The molecule has 1 aromatic carbocycles. The van der Waals surface area contributed by atoms with Crippen molar-refractivity contribution in [2.45, 2.75) is 69.6 Å². The zero-order chi connectivity index (χ0) is 21.4. The molecule has 1 aliphatic carbocycles. The molecule has 162 valence electrons. The summed E-state index contributed by atoms with van der Waals surface area (Å²) in [4.78, 5) is 12.8. The zero-order valence-electron chi connectivity index (χ0n) is 17.0. The van der Waals surface area contributed by atoms with Gasteiger partial charge in [-0.3, -0.25) is 4.79 Å². The molecule has 0 radical (unpaired) electrons. The fourth-order valence-corrected chi connectivity index (χ4v) is 5.34. The highest BCUT2D eigenvalue weighted by atomic mass is 35.5. The van der Waals surface area contributed by atoms with Crippen LogP contribution in [0.15, 0.2) is 18.2 Å². The average molecular weight is 452 g/mol. The molecule has 1 amide bonds. The fraction of sp³-hybridized carbons (Fsp3) is 0.545. The smallest absolute Gasteiger partial charge is 0.226 e. The number of fused-ring (bicyclic) bond motifs is 1. The van der Waals surface area contributed by atoms with E-state index in [1.807, 2.05) is 11.6 Å².